The lowest BCUT2D eigenvalue weighted by Gasteiger charge is -2.25. The molecule has 4 atom stereocenters. The molecule has 1 aliphatic heterocycles. The van der Waals surface area contributed by atoms with Crippen LogP contribution in [0, 0.1) is 35.0 Å². The highest BCUT2D eigenvalue weighted by Crippen LogP contribution is 2.37. The number of carbonyl (C=O) groups excluding carboxylic acids is 3. The quantitative estimate of drug-likeness (QED) is 0.0634. The maximum absolute atomic E-state index is 13.5. The minimum atomic E-state index is -1.58. The van der Waals surface area contributed by atoms with E-state index in [4.69, 9.17) is 36.9 Å². The number of nitro benzene ring substituents is 3. The van der Waals surface area contributed by atoms with Gasteiger partial charge in [-0.25, -0.2) is 24.4 Å². The molecule has 3 N–H and O–H groups in total. The number of nitro groups is 3. The van der Waals surface area contributed by atoms with Crippen LogP contribution in [0.1, 0.15) is 37.3 Å². The molecule has 3 aromatic carbocycles. The third kappa shape index (κ3) is 7.47. The lowest BCUT2D eigenvalue weighted by atomic mass is 10.1. The number of ether oxygens (including phenoxy) is 4. The molecule has 0 radical (unpaired) electrons. The van der Waals surface area contributed by atoms with E-state index < -0.39 is 63.8 Å². The zero-order chi connectivity index (χ0) is 38.0. The largest absolute Gasteiger partial charge is 0.459 e. The van der Waals surface area contributed by atoms with Crippen molar-refractivity contribution in [3.63, 3.8) is 0 Å². The van der Waals surface area contributed by atoms with Crippen molar-refractivity contribution in [2.75, 3.05) is 12.3 Å². The number of esters is 3. The summed E-state index contributed by atoms with van der Waals surface area (Å²) in [6.07, 6.45) is -4.70. The summed E-state index contributed by atoms with van der Waals surface area (Å²) in [5, 5.41) is 33.4. The van der Waals surface area contributed by atoms with Gasteiger partial charge in [-0.1, -0.05) is 12.2 Å². The topological polar surface area (TPSA) is 290 Å². The van der Waals surface area contributed by atoms with Gasteiger partial charge in [-0.2, -0.15) is 0 Å². The van der Waals surface area contributed by atoms with E-state index in [0.29, 0.717) is 0 Å². The van der Waals surface area contributed by atoms with Crippen molar-refractivity contribution < 1.29 is 48.1 Å². The van der Waals surface area contributed by atoms with Gasteiger partial charge in [0, 0.05) is 36.4 Å². The second-order valence-corrected chi connectivity index (χ2v) is 11.5. The average Bonchev–Trinajstić information content (AvgIpc) is 3.71. The van der Waals surface area contributed by atoms with E-state index in [2.05, 4.69) is 15.0 Å². The van der Waals surface area contributed by atoms with Crippen LogP contribution in [0.25, 0.3) is 11.2 Å². The summed E-state index contributed by atoms with van der Waals surface area (Å²) in [5.41, 5.74) is 4.97. The molecule has 0 bridgehead atoms. The van der Waals surface area contributed by atoms with E-state index in [1.165, 1.54) is 10.9 Å². The van der Waals surface area contributed by atoms with Crippen molar-refractivity contribution in [2.45, 2.75) is 24.5 Å². The van der Waals surface area contributed by atoms with Crippen molar-refractivity contribution in [1.82, 2.24) is 19.5 Å². The number of aromatic nitrogens is 4. The molecule has 1 fully saturated rings. The molecule has 22 heteroatoms. The van der Waals surface area contributed by atoms with Gasteiger partial charge >= 0.3 is 17.9 Å². The fourth-order valence-electron chi connectivity index (χ4n) is 5.26. The number of nitrogens with one attached hydrogen (secondary N) is 1. The number of anilines is 1. The number of benzene rings is 3. The van der Waals surface area contributed by atoms with E-state index in [9.17, 15) is 44.7 Å². The molecule has 2 aromatic heterocycles. The minimum absolute atomic E-state index is 0.00199. The Balaban J connectivity index is 1.38. The average molecular weight is 747 g/mol. The van der Waals surface area contributed by atoms with E-state index in [1.54, 1.807) is 0 Å². The van der Waals surface area contributed by atoms with Gasteiger partial charge in [0.2, 0.25) is 0 Å². The smallest absolute Gasteiger partial charge is 0.338 e. The molecule has 0 aliphatic carbocycles. The Labute approximate surface area is 299 Å². The van der Waals surface area contributed by atoms with Crippen molar-refractivity contribution in [3.05, 3.63) is 131 Å². The molecular formula is C31H22N8O13S. The monoisotopic (exact) mass is 746 g/mol. The van der Waals surface area contributed by atoms with Gasteiger partial charge in [-0.05, 0) is 36.4 Å². The molecule has 5 aromatic rings. The van der Waals surface area contributed by atoms with Crippen molar-refractivity contribution >= 4 is 64.3 Å². The van der Waals surface area contributed by atoms with Crippen LogP contribution >= 0.6 is 12.2 Å². The lowest BCUT2D eigenvalue weighted by molar-refractivity contribution is -0.385. The molecule has 0 spiro atoms. The highest BCUT2D eigenvalue weighted by Gasteiger charge is 2.52. The maximum atomic E-state index is 13.5. The number of hydrogen-bond donors (Lipinski definition) is 2. The number of nitrogens with two attached hydrogens (primary N) is 1. The standard InChI is InChI=1S/C31H22N8O13S/c32-31-34-25-22(26(53)35-31)33-14-36(25)27-24(52-30(42)17-5-11-20(12-6-17)39(47)48)23(51-29(41)16-3-9-19(10-4-16)38(45)46)21(50-27)13-49-28(40)15-1-7-18(8-2-15)37(43)44/h1-12,14,21,23-24,27H,13H2,(H3,32,34,35,53)/t21-,23-,24+,27-/m1/s1. The summed E-state index contributed by atoms with van der Waals surface area (Å²) in [6.45, 7) is -0.636. The van der Waals surface area contributed by atoms with Gasteiger partial charge in [0.25, 0.3) is 17.1 Å². The molecule has 6 rings (SSSR count). The normalized spacial score (nSPS) is 17.9. The van der Waals surface area contributed by atoms with Crippen LogP contribution in [0.5, 0.6) is 0 Å². The second-order valence-electron chi connectivity index (χ2n) is 11.1. The number of aromatic amines is 1. The van der Waals surface area contributed by atoms with Crippen molar-refractivity contribution in [2.24, 2.45) is 0 Å². The van der Waals surface area contributed by atoms with E-state index >= 15 is 0 Å². The summed E-state index contributed by atoms with van der Waals surface area (Å²) in [6, 6.07) is 13.4. The Morgan fingerprint density at radius 2 is 1.23 bits per heavy atom. The zero-order valence-corrected chi connectivity index (χ0v) is 27.3. The lowest BCUT2D eigenvalue weighted by Crippen LogP contribution is -2.41. The molecule has 53 heavy (non-hydrogen) atoms. The molecule has 270 valence electrons. The SMILES string of the molecule is Nc1nc(=S)c2ncn([C@@H]3O[C@H](COC(=O)c4ccc([N+](=O)[O-])cc4)[C@@H](OC(=O)c4ccc([N+](=O)[O-])cc4)[C@@H]3OC(=O)c3ccc([N+](=O)[O-])cc3)c2[nH]1. The molecule has 1 saturated heterocycles. The van der Waals surface area contributed by atoms with Crippen LogP contribution in [-0.4, -0.2) is 77.1 Å². The summed E-state index contributed by atoms with van der Waals surface area (Å²) in [5.74, 6) is -3.13. The Morgan fingerprint density at radius 3 is 1.70 bits per heavy atom. The van der Waals surface area contributed by atoms with Gasteiger partial charge < -0.3 is 29.7 Å². The van der Waals surface area contributed by atoms with Gasteiger partial charge in [-0.3, -0.25) is 34.9 Å². The predicted octanol–water partition coefficient (Wildman–Crippen LogP) is 4.00. The van der Waals surface area contributed by atoms with E-state index in [0.717, 1.165) is 72.8 Å². The first-order valence-corrected chi connectivity index (χ1v) is 15.4. The fraction of sp³-hybridized carbons (Fsp3) is 0.161. The number of hydrogen-bond acceptors (Lipinski definition) is 17. The molecule has 0 amide bonds. The van der Waals surface area contributed by atoms with Gasteiger partial charge in [0.05, 0.1) is 37.8 Å². The van der Waals surface area contributed by atoms with Gasteiger partial charge in [0.15, 0.2) is 29.0 Å². The first kappa shape index (κ1) is 35.6. The Kier molecular flexibility index (Phi) is 9.79. The number of nitrogens with zero attached hydrogens (tertiary/aromatic N) is 6. The zero-order valence-electron chi connectivity index (χ0n) is 26.5. The van der Waals surface area contributed by atoms with Gasteiger partial charge in [-0.15, -0.1) is 0 Å². The molecule has 3 heterocycles. The highest BCUT2D eigenvalue weighted by atomic mass is 32.1. The number of H-pyrrole nitrogens is 1. The number of nitrogen functional groups attached to an aromatic ring is 1. The van der Waals surface area contributed by atoms with Crippen LogP contribution in [0.2, 0.25) is 0 Å². The number of non-ortho nitro benzene ring substituents is 3. The van der Waals surface area contributed by atoms with Crippen LogP contribution in [0.3, 0.4) is 0 Å². The first-order chi connectivity index (χ1) is 25.3. The summed E-state index contributed by atoms with van der Waals surface area (Å²) in [7, 11) is 0. The first-order valence-electron chi connectivity index (χ1n) is 15.0. The Morgan fingerprint density at radius 1 is 0.774 bits per heavy atom. The summed E-state index contributed by atoms with van der Waals surface area (Å²) >= 11 is 5.28. The summed E-state index contributed by atoms with van der Waals surface area (Å²) < 4.78 is 24.7. The molecular weight excluding hydrogens is 724 g/mol. The van der Waals surface area contributed by atoms with Crippen LogP contribution in [-0.2, 0) is 18.9 Å². The van der Waals surface area contributed by atoms with E-state index in [1.807, 2.05) is 0 Å². The van der Waals surface area contributed by atoms with Crippen LogP contribution in [0.4, 0.5) is 23.0 Å². The number of rotatable bonds is 11. The molecule has 21 nitrogen and oxygen atoms in total. The van der Waals surface area contributed by atoms with Gasteiger partial charge in [0.1, 0.15) is 23.9 Å². The highest BCUT2D eigenvalue weighted by molar-refractivity contribution is 7.71. The summed E-state index contributed by atoms with van der Waals surface area (Å²) in [4.78, 5) is 82.5. The number of carbonyl (C=O) groups is 3. The molecule has 0 unspecified atom stereocenters. The minimum Gasteiger partial charge on any atom is -0.459 e. The van der Waals surface area contributed by atoms with Crippen molar-refractivity contribution in [3.8, 4) is 0 Å². The second kappa shape index (κ2) is 14.6. The third-order valence-electron chi connectivity index (χ3n) is 7.83. The van der Waals surface area contributed by atoms with Crippen molar-refractivity contribution in [1.29, 1.82) is 0 Å². The Hall–Kier alpha value is -7.20. The Bertz CT molecular complexity index is 2330. The maximum Gasteiger partial charge on any atom is 0.338 e. The van der Waals surface area contributed by atoms with E-state index in [-0.39, 0.29) is 55.5 Å². The number of imidazole rings is 1. The molecule has 0 saturated carbocycles. The molecule has 1 aliphatic rings. The predicted molar refractivity (Wildman–Crippen MR) is 179 cm³/mol. The third-order valence-corrected chi connectivity index (χ3v) is 8.12. The van der Waals surface area contributed by atoms with Crippen LogP contribution < -0.4 is 5.73 Å². The van der Waals surface area contributed by atoms with Crippen LogP contribution in [0.15, 0.2) is 79.1 Å². The number of fused-ring (bicyclic) bond motifs is 1. The fourth-order valence-corrected chi connectivity index (χ4v) is 5.51.